The summed E-state index contributed by atoms with van der Waals surface area (Å²) in [6, 6.07) is 8.38. The van der Waals surface area contributed by atoms with Gasteiger partial charge in [-0.3, -0.25) is 9.59 Å². The van der Waals surface area contributed by atoms with E-state index in [-0.39, 0.29) is 23.2 Å². The van der Waals surface area contributed by atoms with Crippen LogP contribution in [0.3, 0.4) is 0 Å². The van der Waals surface area contributed by atoms with Crippen molar-refractivity contribution in [3.8, 4) is 0 Å². The van der Waals surface area contributed by atoms with Gasteiger partial charge in [-0.05, 0) is 42.2 Å². The Hall–Kier alpha value is -2.63. The minimum atomic E-state index is -0.330. The maximum absolute atomic E-state index is 12.1. The molecule has 1 atom stereocenters. The summed E-state index contributed by atoms with van der Waals surface area (Å²) < 4.78 is 0. The molecule has 1 heterocycles. The first-order chi connectivity index (χ1) is 9.63. The lowest BCUT2D eigenvalue weighted by molar-refractivity contribution is 0.0930. The second kappa shape index (κ2) is 4.80. The van der Waals surface area contributed by atoms with Crippen LogP contribution in [0.2, 0.25) is 0 Å². The molecule has 1 amide bonds. The van der Waals surface area contributed by atoms with Gasteiger partial charge in [-0.2, -0.15) is 5.10 Å². The van der Waals surface area contributed by atoms with E-state index in [1.807, 2.05) is 18.2 Å². The van der Waals surface area contributed by atoms with Gasteiger partial charge in [-0.25, -0.2) is 5.10 Å². The second-order valence-electron chi connectivity index (χ2n) is 4.83. The largest absolute Gasteiger partial charge is 0.399 e. The topological polar surface area (TPSA) is 101 Å². The number of nitrogens with one attached hydrogen (secondary N) is 2. The van der Waals surface area contributed by atoms with Gasteiger partial charge in [-0.15, -0.1) is 0 Å². The van der Waals surface area contributed by atoms with E-state index < -0.39 is 0 Å². The Morgan fingerprint density at radius 1 is 1.35 bits per heavy atom. The van der Waals surface area contributed by atoms with E-state index in [9.17, 15) is 9.59 Å². The highest BCUT2D eigenvalue weighted by molar-refractivity contribution is 5.92. The molecule has 102 valence electrons. The lowest BCUT2D eigenvalue weighted by Crippen LogP contribution is -2.28. The van der Waals surface area contributed by atoms with Gasteiger partial charge in [0, 0.05) is 11.8 Å². The van der Waals surface area contributed by atoms with Crippen molar-refractivity contribution in [3.05, 3.63) is 57.5 Å². The summed E-state index contributed by atoms with van der Waals surface area (Å²) in [7, 11) is 0. The Balaban J connectivity index is 1.78. The van der Waals surface area contributed by atoms with Crippen LogP contribution in [0.5, 0.6) is 0 Å². The number of aromatic amines is 1. The fraction of sp³-hybridized carbons (Fsp3) is 0.214. The fourth-order valence-electron chi connectivity index (χ4n) is 2.49. The molecule has 1 aliphatic carbocycles. The van der Waals surface area contributed by atoms with Crippen LogP contribution in [0, 0.1) is 0 Å². The monoisotopic (exact) mass is 270 g/mol. The molecule has 4 N–H and O–H groups in total. The lowest BCUT2D eigenvalue weighted by atomic mass is 10.1. The van der Waals surface area contributed by atoms with Crippen LogP contribution in [-0.2, 0) is 6.42 Å². The molecule has 0 fully saturated rings. The van der Waals surface area contributed by atoms with Gasteiger partial charge in [0.2, 0.25) is 0 Å². The third kappa shape index (κ3) is 2.27. The van der Waals surface area contributed by atoms with Gasteiger partial charge in [0.15, 0.2) is 0 Å². The van der Waals surface area contributed by atoms with Crippen LogP contribution >= 0.6 is 0 Å². The van der Waals surface area contributed by atoms with Gasteiger partial charge in [0.05, 0.1) is 6.04 Å². The normalized spacial score (nSPS) is 16.7. The average Bonchev–Trinajstić information content (AvgIpc) is 2.81. The fourth-order valence-corrected chi connectivity index (χ4v) is 2.49. The summed E-state index contributed by atoms with van der Waals surface area (Å²) in [6.45, 7) is 0. The summed E-state index contributed by atoms with van der Waals surface area (Å²) in [6.07, 6.45) is 1.73. The number of fused-ring (bicyclic) bond motifs is 1. The van der Waals surface area contributed by atoms with Gasteiger partial charge in [-0.1, -0.05) is 6.07 Å². The number of nitrogens with zero attached hydrogens (tertiary/aromatic N) is 1. The molecule has 20 heavy (non-hydrogen) atoms. The van der Waals surface area contributed by atoms with Gasteiger partial charge >= 0.3 is 0 Å². The number of anilines is 1. The Labute approximate surface area is 115 Å². The third-order valence-electron chi connectivity index (χ3n) is 3.46. The van der Waals surface area contributed by atoms with Gasteiger partial charge < -0.3 is 11.1 Å². The molecular formula is C14H14N4O2. The Morgan fingerprint density at radius 3 is 2.95 bits per heavy atom. The van der Waals surface area contributed by atoms with E-state index in [1.54, 1.807) is 0 Å². The Bertz CT molecular complexity index is 703. The van der Waals surface area contributed by atoms with Crippen molar-refractivity contribution < 1.29 is 4.79 Å². The minimum Gasteiger partial charge on any atom is -0.399 e. The number of aromatic nitrogens is 2. The van der Waals surface area contributed by atoms with Crippen LogP contribution in [0.4, 0.5) is 5.69 Å². The minimum absolute atomic E-state index is 0.0353. The molecule has 0 saturated carbocycles. The number of hydrogen-bond donors (Lipinski definition) is 3. The first kappa shape index (κ1) is 12.4. The molecule has 0 saturated heterocycles. The van der Waals surface area contributed by atoms with Crippen LogP contribution in [0.25, 0.3) is 0 Å². The highest BCUT2D eigenvalue weighted by Crippen LogP contribution is 2.32. The molecule has 6 heteroatoms. The number of hydrogen-bond acceptors (Lipinski definition) is 4. The van der Waals surface area contributed by atoms with E-state index in [2.05, 4.69) is 15.5 Å². The molecule has 6 nitrogen and oxygen atoms in total. The molecule has 0 spiro atoms. The van der Waals surface area contributed by atoms with E-state index in [4.69, 9.17) is 5.73 Å². The first-order valence-electron chi connectivity index (χ1n) is 6.38. The number of amides is 1. The second-order valence-corrected chi connectivity index (χ2v) is 4.83. The van der Waals surface area contributed by atoms with Crippen LogP contribution in [-0.4, -0.2) is 16.1 Å². The van der Waals surface area contributed by atoms with Gasteiger partial charge in [0.1, 0.15) is 5.69 Å². The SMILES string of the molecule is Nc1ccc2c(c1)CCC2NC(=O)c1ccc(=O)[nH]n1. The smallest absolute Gasteiger partial charge is 0.272 e. The Kier molecular flexibility index (Phi) is 2.98. The number of aryl methyl sites for hydroxylation is 1. The van der Waals surface area contributed by atoms with Crippen molar-refractivity contribution in [3.63, 3.8) is 0 Å². The van der Waals surface area contributed by atoms with Crippen molar-refractivity contribution in [2.24, 2.45) is 0 Å². The summed E-state index contributed by atoms with van der Waals surface area (Å²) in [5.41, 5.74) is 8.62. The van der Waals surface area contributed by atoms with E-state index in [0.29, 0.717) is 0 Å². The third-order valence-corrected chi connectivity index (χ3v) is 3.46. The standard InChI is InChI=1S/C14H14N4O2/c15-9-2-3-10-8(7-9)1-4-11(10)16-14(20)12-5-6-13(19)18-17-12/h2-3,5-7,11H,1,4,15H2,(H,16,20)(H,18,19). The molecule has 2 aromatic rings. The Morgan fingerprint density at radius 2 is 2.20 bits per heavy atom. The maximum Gasteiger partial charge on any atom is 0.272 e. The first-order valence-corrected chi connectivity index (χ1v) is 6.38. The van der Waals surface area contributed by atoms with Crippen LogP contribution in [0.15, 0.2) is 35.1 Å². The highest BCUT2D eigenvalue weighted by Gasteiger charge is 2.24. The van der Waals surface area contributed by atoms with Crippen molar-refractivity contribution in [1.82, 2.24) is 15.5 Å². The van der Waals surface area contributed by atoms with Crippen molar-refractivity contribution in [2.45, 2.75) is 18.9 Å². The van der Waals surface area contributed by atoms with E-state index in [0.717, 1.165) is 24.1 Å². The molecule has 0 aliphatic heterocycles. The van der Waals surface area contributed by atoms with E-state index >= 15 is 0 Å². The molecule has 1 aliphatic rings. The molecular weight excluding hydrogens is 256 g/mol. The van der Waals surface area contributed by atoms with E-state index in [1.165, 1.54) is 17.7 Å². The molecule has 0 bridgehead atoms. The van der Waals surface area contributed by atoms with Crippen molar-refractivity contribution in [1.29, 1.82) is 0 Å². The quantitative estimate of drug-likeness (QED) is 0.701. The number of H-pyrrole nitrogens is 1. The summed E-state index contributed by atoms with van der Waals surface area (Å²) >= 11 is 0. The molecule has 3 rings (SSSR count). The zero-order chi connectivity index (χ0) is 14.1. The molecule has 1 unspecified atom stereocenters. The number of nitrogens with two attached hydrogens (primary N) is 1. The number of rotatable bonds is 2. The van der Waals surface area contributed by atoms with Crippen molar-refractivity contribution >= 4 is 11.6 Å². The summed E-state index contributed by atoms with van der Waals surface area (Å²) in [5, 5.41) is 8.90. The molecule has 1 aromatic heterocycles. The van der Waals surface area contributed by atoms with Crippen LogP contribution in [0.1, 0.15) is 34.1 Å². The van der Waals surface area contributed by atoms with Crippen LogP contribution < -0.4 is 16.6 Å². The summed E-state index contributed by atoms with van der Waals surface area (Å²) in [4.78, 5) is 23.0. The maximum atomic E-state index is 12.1. The lowest BCUT2D eigenvalue weighted by Gasteiger charge is -2.13. The predicted molar refractivity (Wildman–Crippen MR) is 74.2 cm³/mol. The number of benzene rings is 1. The van der Waals surface area contributed by atoms with Crippen molar-refractivity contribution in [2.75, 3.05) is 5.73 Å². The summed E-state index contributed by atoms with van der Waals surface area (Å²) in [5.74, 6) is -0.295. The predicted octanol–water partition coefficient (Wildman–Crippen LogP) is 0.769. The van der Waals surface area contributed by atoms with Gasteiger partial charge in [0.25, 0.3) is 11.5 Å². The average molecular weight is 270 g/mol. The number of carbonyl (C=O) groups excluding carboxylic acids is 1. The molecule has 0 radical (unpaired) electrons. The molecule has 1 aromatic carbocycles. The zero-order valence-electron chi connectivity index (χ0n) is 10.7. The number of nitrogen functional groups attached to an aromatic ring is 1. The highest BCUT2D eigenvalue weighted by atomic mass is 16.2. The zero-order valence-corrected chi connectivity index (χ0v) is 10.7. The number of carbonyl (C=O) groups is 1.